The Hall–Kier alpha value is -1.23. The lowest BCUT2D eigenvalue weighted by Crippen LogP contribution is -2.04. The summed E-state index contributed by atoms with van der Waals surface area (Å²) in [5, 5.41) is 8.87. The molecule has 0 fully saturated rings. The highest BCUT2D eigenvalue weighted by atomic mass is 15.0. The summed E-state index contributed by atoms with van der Waals surface area (Å²) in [4.78, 5) is 0. The van der Waals surface area contributed by atoms with Gasteiger partial charge >= 0.3 is 0 Å². The fourth-order valence-corrected chi connectivity index (χ4v) is 1.40. The van der Waals surface area contributed by atoms with Crippen molar-refractivity contribution in [3.05, 3.63) is 23.5 Å². The molecular weight excluding hydrogens is 160 g/mol. The minimum Gasteiger partial charge on any atom is -0.339 e. The molecule has 70 valence electrons. The van der Waals surface area contributed by atoms with Crippen LogP contribution in [0.25, 0.3) is 0 Å². The van der Waals surface area contributed by atoms with Gasteiger partial charge in [0.05, 0.1) is 0 Å². The predicted molar refractivity (Wildman–Crippen MR) is 53.4 cm³/mol. The van der Waals surface area contributed by atoms with E-state index in [1.54, 1.807) is 0 Å². The zero-order valence-corrected chi connectivity index (χ0v) is 8.54. The standard InChI is InChI=1S/C11H16N2/c1-4-10-5-11(6-12)13(8-10)7-9(2)3/h5,8-9H,4,7H2,1-3H3. The average Bonchev–Trinajstić information content (AvgIpc) is 2.46. The average molecular weight is 176 g/mol. The molecule has 0 spiro atoms. The van der Waals surface area contributed by atoms with Gasteiger partial charge in [-0.2, -0.15) is 5.26 Å². The third-order valence-electron chi connectivity index (χ3n) is 2.04. The Morgan fingerprint density at radius 2 is 2.23 bits per heavy atom. The molecule has 0 bridgehead atoms. The lowest BCUT2D eigenvalue weighted by atomic mass is 10.2. The van der Waals surface area contributed by atoms with E-state index in [9.17, 15) is 0 Å². The summed E-state index contributed by atoms with van der Waals surface area (Å²) < 4.78 is 2.05. The Labute approximate surface area is 79.8 Å². The van der Waals surface area contributed by atoms with Gasteiger partial charge in [-0.15, -0.1) is 0 Å². The lowest BCUT2D eigenvalue weighted by Gasteiger charge is -2.06. The monoisotopic (exact) mass is 176 g/mol. The van der Waals surface area contributed by atoms with Crippen LogP contribution in [0, 0.1) is 17.2 Å². The van der Waals surface area contributed by atoms with Crippen LogP contribution in [0.3, 0.4) is 0 Å². The van der Waals surface area contributed by atoms with Crippen molar-refractivity contribution in [2.75, 3.05) is 0 Å². The van der Waals surface area contributed by atoms with Crippen molar-refractivity contribution in [2.24, 2.45) is 5.92 Å². The fraction of sp³-hybridized carbons (Fsp3) is 0.545. The Morgan fingerprint density at radius 1 is 1.54 bits per heavy atom. The van der Waals surface area contributed by atoms with Gasteiger partial charge in [-0.1, -0.05) is 20.8 Å². The maximum Gasteiger partial charge on any atom is 0.120 e. The van der Waals surface area contributed by atoms with Gasteiger partial charge in [0.25, 0.3) is 0 Å². The quantitative estimate of drug-likeness (QED) is 0.695. The summed E-state index contributed by atoms with van der Waals surface area (Å²) in [5.74, 6) is 0.587. The van der Waals surface area contributed by atoms with Crippen LogP contribution >= 0.6 is 0 Å². The first-order valence-electron chi connectivity index (χ1n) is 4.76. The first-order chi connectivity index (χ1) is 6.17. The Balaban J connectivity index is 2.92. The summed E-state index contributed by atoms with van der Waals surface area (Å²) in [6.45, 7) is 7.36. The largest absolute Gasteiger partial charge is 0.339 e. The Bertz CT molecular complexity index is 315. The Kier molecular flexibility index (Phi) is 3.13. The highest BCUT2D eigenvalue weighted by Gasteiger charge is 2.04. The first-order valence-corrected chi connectivity index (χ1v) is 4.76. The molecule has 2 nitrogen and oxygen atoms in total. The molecule has 1 rings (SSSR count). The lowest BCUT2D eigenvalue weighted by molar-refractivity contribution is 0.521. The van der Waals surface area contributed by atoms with E-state index >= 15 is 0 Å². The van der Waals surface area contributed by atoms with Gasteiger partial charge in [0, 0.05) is 12.7 Å². The molecule has 0 radical (unpaired) electrons. The minimum atomic E-state index is 0.587. The molecule has 0 aromatic carbocycles. The van der Waals surface area contributed by atoms with Crippen LogP contribution in [0.4, 0.5) is 0 Å². The van der Waals surface area contributed by atoms with Gasteiger partial charge < -0.3 is 4.57 Å². The maximum atomic E-state index is 8.87. The number of hydrogen-bond acceptors (Lipinski definition) is 1. The van der Waals surface area contributed by atoms with Crippen LogP contribution in [0.1, 0.15) is 32.0 Å². The second-order valence-electron chi connectivity index (χ2n) is 3.75. The van der Waals surface area contributed by atoms with Gasteiger partial charge in [-0.3, -0.25) is 0 Å². The molecule has 1 aromatic rings. The van der Waals surface area contributed by atoms with E-state index in [4.69, 9.17) is 5.26 Å². The molecule has 0 aliphatic heterocycles. The number of rotatable bonds is 3. The molecule has 0 amide bonds. The highest BCUT2D eigenvalue weighted by molar-refractivity contribution is 5.28. The fourth-order valence-electron chi connectivity index (χ4n) is 1.40. The number of nitrogens with zero attached hydrogens (tertiary/aromatic N) is 2. The van der Waals surface area contributed by atoms with E-state index in [0.29, 0.717) is 5.92 Å². The molecule has 0 aliphatic carbocycles. The van der Waals surface area contributed by atoms with E-state index in [0.717, 1.165) is 18.7 Å². The van der Waals surface area contributed by atoms with E-state index < -0.39 is 0 Å². The van der Waals surface area contributed by atoms with Gasteiger partial charge in [-0.05, 0) is 24.0 Å². The molecule has 13 heavy (non-hydrogen) atoms. The molecule has 0 saturated carbocycles. The summed E-state index contributed by atoms with van der Waals surface area (Å²) in [6, 6.07) is 4.19. The second-order valence-corrected chi connectivity index (χ2v) is 3.75. The van der Waals surface area contributed by atoms with Crippen molar-refractivity contribution in [3.8, 4) is 6.07 Å². The molecule has 0 saturated heterocycles. The summed E-state index contributed by atoms with van der Waals surface area (Å²) >= 11 is 0. The molecule has 0 aliphatic rings. The molecular formula is C11H16N2. The van der Waals surface area contributed by atoms with Crippen molar-refractivity contribution in [3.63, 3.8) is 0 Å². The molecule has 1 heterocycles. The van der Waals surface area contributed by atoms with Crippen molar-refractivity contribution in [1.82, 2.24) is 4.57 Å². The third kappa shape index (κ3) is 2.35. The van der Waals surface area contributed by atoms with Crippen LogP contribution in [0.5, 0.6) is 0 Å². The number of aromatic nitrogens is 1. The number of aryl methyl sites for hydroxylation is 1. The van der Waals surface area contributed by atoms with Crippen LogP contribution in [-0.2, 0) is 13.0 Å². The normalized spacial score (nSPS) is 10.4. The van der Waals surface area contributed by atoms with Crippen LogP contribution in [0.15, 0.2) is 12.3 Å². The molecule has 0 N–H and O–H groups in total. The van der Waals surface area contributed by atoms with E-state index in [2.05, 4.69) is 33.0 Å². The minimum absolute atomic E-state index is 0.587. The van der Waals surface area contributed by atoms with Gasteiger partial charge in [0.2, 0.25) is 0 Å². The zero-order valence-electron chi connectivity index (χ0n) is 8.54. The van der Waals surface area contributed by atoms with Crippen LogP contribution < -0.4 is 0 Å². The zero-order chi connectivity index (χ0) is 9.84. The third-order valence-corrected chi connectivity index (χ3v) is 2.04. The van der Waals surface area contributed by atoms with E-state index in [-0.39, 0.29) is 0 Å². The van der Waals surface area contributed by atoms with Crippen molar-refractivity contribution >= 4 is 0 Å². The van der Waals surface area contributed by atoms with Crippen molar-refractivity contribution in [1.29, 1.82) is 5.26 Å². The summed E-state index contributed by atoms with van der Waals surface area (Å²) in [5.41, 5.74) is 2.03. The van der Waals surface area contributed by atoms with Gasteiger partial charge in [0.1, 0.15) is 11.8 Å². The van der Waals surface area contributed by atoms with Crippen LogP contribution in [-0.4, -0.2) is 4.57 Å². The number of nitriles is 1. The number of hydrogen-bond donors (Lipinski definition) is 0. The van der Waals surface area contributed by atoms with Gasteiger partial charge in [-0.25, -0.2) is 0 Å². The van der Waals surface area contributed by atoms with E-state index in [1.165, 1.54) is 5.56 Å². The Morgan fingerprint density at radius 3 is 2.69 bits per heavy atom. The smallest absolute Gasteiger partial charge is 0.120 e. The summed E-state index contributed by atoms with van der Waals surface area (Å²) in [6.07, 6.45) is 3.08. The highest BCUT2D eigenvalue weighted by Crippen LogP contribution is 2.10. The second kappa shape index (κ2) is 4.13. The topological polar surface area (TPSA) is 28.7 Å². The van der Waals surface area contributed by atoms with Crippen molar-refractivity contribution < 1.29 is 0 Å². The molecule has 1 aromatic heterocycles. The molecule has 2 heteroatoms. The van der Waals surface area contributed by atoms with Gasteiger partial charge in [0.15, 0.2) is 0 Å². The van der Waals surface area contributed by atoms with Crippen molar-refractivity contribution in [2.45, 2.75) is 33.7 Å². The molecule has 0 unspecified atom stereocenters. The first kappa shape index (κ1) is 9.85. The summed E-state index contributed by atoms with van der Waals surface area (Å²) in [7, 11) is 0. The predicted octanol–water partition coefficient (Wildman–Crippen LogP) is 2.58. The molecule has 0 atom stereocenters. The van der Waals surface area contributed by atoms with Crippen LogP contribution in [0.2, 0.25) is 0 Å². The SMILES string of the molecule is CCc1cc(C#N)n(CC(C)C)c1. The van der Waals surface area contributed by atoms with E-state index in [1.807, 2.05) is 10.6 Å². The maximum absolute atomic E-state index is 8.87.